The number of aryl methyl sites for hydroxylation is 1. The average molecular weight is 421 g/mol. The molecular weight excluding hydrogens is 392 g/mol. The Morgan fingerprint density at radius 1 is 1.26 bits per heavy atom. The van der Waals surface area contributed by atoms with Crippen LogP contribution in [0.4, 0.5) is 6.01 Å². The fraction of sp³-hybridized carbons (Fsp3) is 0.375. The second-order valence-corrected chi connectivity index (χ2v) is 7.94. The van der Waals surface area contributed by atoms with Gasteiger partial charge in [-0.15, -0.1) is 0 Å². The number of nitrogens with zero attached hydrogens (tertiary/aromatic N) is 3. The van der Waals surface area contributed by atoms with Crippen molar-refractivity contribution in [3.63, 3.8) is 0 Å². The van der Waals surface area contributed by atoms with Crippen molar-refractivity contribution in [1.82, 2.24) is 15.5 Å². The summed E-state index contributed by atoms with van der Waals surface area (Å²) in [6.45, 7) is 4.11. The van der Waals surface area contributed by atoms with E-state index in [0.717, 1.165) is 37.1 Å². The highest BCUT2D eigenvalue weighted by molar-refractivity contribution is 5.79. The molecule has 0 spiro atoms. The molecule has 1 N–H and O–H groups in total. The Kier molecular flexibility index (Phi) is 6.50. The number of amides is 1. The summed E-state index contributed by atoms with van der Waals surface area (Å²) < 4.78 is 10.7. The van der Waals surface area contributed by atoms with Crippen molar-refractivity contribution in [3.8, 4) is 17.1 Å². The molecule has 0 unspecified atom stereocenters. The molecule has 1 saturated heterocycles. The van der Waals surface area contributed by atoms with Gasteiger partial charge in [-0.25, -0.2) is 0 Å². The van der Waals surface area contributed by atoms with Gasteiger partial charge in [0.1, 0.15) is 5.75 Å². The third-order valence-electron chi connectivity index (χ3n) is 5.62. The molecule has 7 heteroatoms. The number of carbonyl (C=O) groups is 1. The highest BCUT2D eigenvalue weighted by Gasteiger charge is 2.28. The minimum atomic E-state index is -0.0809. The Labute approximate surface area is 182 Å². The molecule has 0 saturated carbocycles. The Hall–Kier alpha value is -3.35. The van der Waals surface area contributed by atoms with Crippen molar-refractivity contribution in [3.05, 3.63) is 59.7 Å². The average Bonchev–Trinajstić information content (AvgIpc) is 3.30. The number of nitrogens with one attached hydrogen (secondary N) is 1. The van der Waals surface area contributed by atoms with Crippen molar-refractivity contribution in [2.45, 2.75) is 26.2 Å². The number of ether oxygens (including phenoxy) is 1. The summed E-state index contributed by atoms with van der Waals surface area (Å²) in [6, 6.07) is 16.4. The zero-order valence-electron chi connectivity index (χ0n) is 18.0. The maximum Gasteiger partial charge on any atom is 0.324 e. The van der Waals surface area contributed by atoms with Gasteiger partial charge in [0.2, 0.25) is 11.7 Å². The first-order valence-corrected chi connectivity index (χ1v) is 10.7. The first-order valence-electron chi connectivity index (χ1n) is 10.7. The molecule has 2 aromatic carbocycles. The van der Waals surface area contributed by atoms with E-state index in [-0.39, 0.29) is 11.8 Å². The number of carbonyl (C=O) groups excluding carboxylic acids is 1. The highest BCUT2D eigenvalue weighted by Crippen LogP contribution is 2.25. The molecule has 1 aromatic heterocycles. The van der Waals surface area contributed by atoms with Gasteiger partial charge >= 0.3 is 6.01 Å². The monoisotopic (exact) mass is 420 g/mol. The van der Waals surface area contributed by atoms with E-state index < -0.39 is 0 Å². The van der Waals surface area contributed by atoms with Crippen LogP contribution in [0.5, 0.6) is 5.75 Å². The van der Waals surface area contributed by atoms with Gasteiger partial charge in [0.25, 0.3) is 0 Å². The van der Waals surface area contributed by atoms with Crippen molar-refractivity contribution < 1.29 is 14.1 Å². The summed E-state index contributed by atoms with van der Waals surface area (Å²) in [5.74, 6) is 1.32. The van der Waals surface area contributed by atoms with Crippen molar-refractivity contribution in [2.24, 2.45) is 5.92 Å². The molecule has 162 valence electrons. The summed E-state index contributed by atoms with van der Waals surface area (Å²) in [5, 5.41) is 7.20. The molecule has 7 nitrogen and oxygen atoms in total. The zero-order valence-corrected chi connectivity index (χ0v) is 18.0. The number of benzene rings is 2. The van der Waals surface area contributed by atoms with Gasteiger partial charge < -0.3 is 19.5 Å². The van der Waals surface area contributed by atoms with Crippen molar-refractivity contribution >= 4 is 11.9 Å². The third-order valence-corrected chi connectivity index (χ3v) is 5.62. The minimum absolute atomic E-state index is 0.0809. The Morgan fingerprint density at radius 3 is 2.87 bits per heavy atom. The molecule has 1 fully saturated rings. The standard InChI is InChI=1S/C24H28N4O3/c1-17-5-3-6-18(15-17)12-13-25-23(29)20-7-4-14-28(16-20)24-26-22(27-31-24)19-8-10-21(30-2)11-9-19/h3,5-6,8-11,15,20H,4,7,12-14,16H2,1-2H3,(H,25,29)/t20-/m0/s1. The molecule has 0 bridgehead atoms. The van der Waals surface area contributed by atoms with E-state index in [2.05, 4.69) is 46.6 Å². The number of hydrogen-bond donors (Lipinski definition) is 1. The number of rotatable bonds is 7. The summed E-state index contributed by atoms with van der Waals surface area (Å²) in [7, 11) is 1.63. The molecule has 1 aliphatic rings. The molecule has 0 radical (unpaired) electrons. The maximum absolute atomic E-state index is 12.7. The number of hydrogen-bond acceptors (Lipinski definition) is 6. The van der Waals surface area contributed by atoms with Crippen LogP contribution < -0.4 is 15.0 Å². The maximum atomic E-state index is 12.7. The van der Waals surface area contributed by atoms with E-state index in [1.165, 1.54) is 11.1 Å². The highest BCUT2D eigenvalue weighted by atomic mass is 16.5. The molecule has 2 heterocycles. The SMILES string of the molecule is COc1ccc(-c2noc(N3CCC[C@H](C(=O)NCCc4cccc(C)c4)C3)n2)cc1. The Morgan fingerprint density at radius 2 is 2.10 bits per heavy atom. The largest absolute Gasteiger partial charge is 0.497 e. The fourth-order valence-electron chi connectivity index (χ4n) is 3.91. The van der Waals surface area contributed by atoms with Crippen molar-refractivity contribution in [2.75, 3.05) is 31.6 Å². The minimum Gasteiger partial charge on any atom is -0.497 e. The van der Waals surface area contributed by atoms with Gasteiger partial charge in [-0.2, -0.15) is 4.98 Å². The lowest BCUT2D eigenvalue weighted by Crippen LogP contribution is -2.43. The molecule has 4 rings (SSSR count). The van der Waals surface area contributed by atoms with Crippen LogP contribution in [0.3, 0.4) is 0 Å². The van der Waals surface area contributed by atoms with E-state index in [4.69, 9.17) is 9.26 Å². The first kappa shape index (κ1) is 20.9. The lowest BCUT2D eigenvalue weighted by Gasteiger charge is -2.30. The van der Waals surface area contributed by atoms with Crippen LogP contribution in [0.1, 0.15) is 24.0 Å². The second kappa shape index (κ2) is 9.64. The summed E-state index contributed by atoms with van der Waals surface area (Å²) in [5.41, 5.74) is 3.33. The van der Waals surface area contributed by atoms with Crippen molar-refractivity contribution in [1.29, 1.82) is 0 Å². The van der Waals surface area contributed by atoms with Crippen LogP contribution in [0.2, 0.25) is 0 Å². The first-order chi connectivity index (χ1) is 15.1. The number of piperidine rings is 1. The van der Waals surface area contributed by atoms with E-state index >= 15 is 0 Å². The molecule has 1 amide bonds. The summed E-state index contributed by atoms with van der Waals surface area (Å²) in [4.78, 5) is 19.3. The quantitative estimate of drug-likeness (QED) is 0.629. The van der Waals surface area contributed by atoms with Gasteiger partial charge in [-0.1, -0.05) is 35.0 Å². The molecule has 3 aromatic rings. The second-order valence-electron chi connectivity index (χ2n) is 7.94. The zero-order chi connectivity index (χ0) is 21.6. The van der Waals surface area contributed by atoms with E-state index in [1.54, 1.807) is 7.11 Å². The van der Waals surface area contributed by atoms with Crippen LogP contribution in [0, 0.1) is 12.8 Å². The Balaban J connectivity index is 1.32. The molecular formula is C24H28N4O3. The van der Waals surface area contributed by atoms with Gasteiger partial charge in [0.15, 0.2) is 0 Å². The smallest absolute Gasteiger partial charge is 0.324 e. The fourth-order valence-corrected chi connectivity index (χ4v) is 3.91. The lowest BCUT2D eigenvalue weighted by molar-refractivity contribution is -0.125. The van der Waals surface area contributed by atoms with Crippen LogP contribution in [-0.4, -0.2) is 42.8 Å². The molecule has 0 aliphatic carbocycles. The number of aromatic nitrogens is 2. The lowest BCUT2D eigenvalue weighted by atomic mass is 9.97. The molecule has 1 aliphatic heterocycles. The van der Waals surface area contributed by atoms with E-state index in [1.807, 2.05) is 29.2 Å². The Bertz CT molecular complexity index is 1020. The predicted octanol–water partition coefficient (Wildman–Crippen LogP) is 3.63. The summed E-state index contributed by atoms with van der Waals surface area (Å²) >= 11 is 0. The van der Waals surface area contributed by atoms with Crippen LogP contribution >= 0.6 is 0 Å². The topological polar surface area (TPSA) is 80.5 Å². The van der Waals surface area contributed by atoms with Crippen LogP contribution in [0.15, 0.2) is 53.1 Å². The van der Waals surface area contributed by atoms with Crippen LogP contribution in [-0.2, 0) is 11.2 Å². The van der Waals surface area contributed by atoms with E-state index in [9.17, 15) is 4.79 Å². The molecule has 1 atom stereocenters. The van der Waals surface area contributed by atoms with Gasteiger partial charge in [0.05, 0.1) is 13.0 Å². The summed E-state index contributed by atoms with van der Waals surface area (Å²) in [6.07, 6.45) is 2.61. The predicted molar refractivity (Wildman–Crippen MR) is 119 cm³/mol. The molecule has 31 heavy (non-hydrogen) atoms. The van der Waals surface area contributed by atoms with E-state index in [0.29, 0.717) is 24.9 Å². The van der Waals surface area contributed by atoms with Gasteiger partial charge in [-0.3, -0.25) is 4.79 Å². The number of anilines is 1. The van der Waals surface area contributed by atoms with Gasteiger partial charge in [-0.05, 0) is 56.0 Å². The van der Waals surface area contributed by atoms with Gasteiger partial charge in [0, 0.05) is 25.2 Å². The normalized spacial score (nSPS) is 16.2. The number of methoxy groups -OCH3 is 1. The third kappa shape index (κ3) is 5.23. The van der Waals surface area contributed by atoms with Crippen LogP contribution in [0.25, 0.3) is 11.4 Å².